The van der Waals surface area contributed by atoms with Crippen molar-refractivity contribution in [2.75, 3.05) is 33.2 Å². The number of amides is 1. The average Bonchev–Trinajstić information content (AvgIpc) is 2.77. The van der Waals surface area contributed by atoms with E-state index in [1.165, 1.54) is 0 Å². The van der Waals surface area contributed by atoms with Crippen LogP contribution >= 0.6 is 0 Å². The van der Waals surface area contributed by atoms with Crippen molar-refractivity contribution in [2.45, 2.75) is 13.2 Å². The molecule has 1 amide bonds. The van der Waals surface area contributed by atoms with Crippen LogP contribution in [0.25, 0.3) is 0 Å². The maximum Gasteiger partial charge on any atom is 0.242 e. The first-order valence-electron chi connectivity index (χ1n) is 5.91. The number of hydrogen-bond acceptors (Lipinski definition) is 3. The number of nitrogens with zero attached hydrogens (tertiary/aromatic N) is 3. The van der Waals surface area contributed by atoms with Crippen molar-refractivity contribution in [1.82, 2.24) is 14.4 Å². The topological polar surface area (TPSA) is 48.7 Å². The molecule has 0 bridgehead atoms. The summed E-state index contributed by atoms with van der Waals surface area (Å²) in [5.41, 5.74) is 0.844. The summed E-state index contributed by atoms with van der Waals surface area (Å²) in [5, 5.41) is 8.95. The Kier molecular flexibility index (Phi) is 3.81. The molecule has 17 heavy (non-hydrogen) atoms. The van der Waals surface area contributed by atoms with Gasteiger partial charge in [0.2, 0.25) is 5.91 Å². The van der Waals surface area contributed by atoms with Crippen LogP contribution in [0.15, 0.2) is 18.5 Å². The van der Waals surface area contributed by atoms with Crippen LogP contribution in [0, 0.1) is 0 Å². The Morgan fingerprint density at radius 3 is 2.65 bits per heavy atom. The molecule has 1 aliphatic rings. The number of piperazine rings is 1. The summed E-state index contributed by atoms with van der Waals surface area (Å²) in [5.74, 6) is 0.151. The van der Waals surface area contributed by atoms with Gasteiger partial charge in [-0.2, -0.15) is 0 Å². The SMILES string of the molecule is CN1CCN(C(=O)Cn2ccc(CO)c2)CC1. The molecule has 2 rings (SSSR count). The second-order valence-corrected chi connectivity index (χ2v) is 4.53. The van der Waals surface area contributed by atoms with E-state index in [4.69, 9.17) is 5.11 Å². The van der Waals surface area contributed by atoms with E-state index >= 15 is 0 Å². The third-order valence-electron chi connectivity index (χ3n) is 3.17. The van der Waals surface area contributed by atoms with E-state index in [0.29, 0.717) is 6.54 Å². The maximum absolute atomic E-state index is 12.0. The van der Waals surface area contributed by atoms with Crippen LogP contribution in [0.5, 0.6) is 0 Å². The van der Waals surface area contributed by atoms with Gasteiger partial charge in [-0.15, -0.1) is 0 Å². The minimum atomic E-state index is 0.0235. The summed E-state index contributed by atoms with van der Waals surface area (Å²) >= 11 is 0. The number of hydrogen-bond donors (Lipinski definition) is 1. The van der Waals surface area contributed by atoms with E-state index in [2.05, 4.69) is 11.9 Å². The molecule has 1 aromatic heterocycles. The Morgan fingerprint density at radius 2 is 2.06 bits per heavy atom. The van der Waals surface area contributed by atoms with E-state index in [-0.39, 0.29) is 12.5 Å². The number of carbonyl (C=O) groups excluding carboxylic acids is 1. The lowest BCUT2D eigenvalue weighted by Crippen LogP contribution is -2.48. The molecule has 94 valence electrons. The lowest BCUT2D eigenvalue weighted by atomic mass is 10.3. The monoisotopic (exact) mass is 237 g/mol. The standard InChI is InChI=1S/C12H19N3O2/c1-13-4-6-15(7-5-13)12(17)9-14-3-2-11(8-14)10-16/h2-3,8,16H,4-7,9-10H2,1H3. The van der Waals surface area contributed by atoms with Gasteiger partial charge in [-0.1, -0.05) is 0 Å². The minimum absolute atomic E-state index is 0.0235. The molecule has 0 saturated carbocycles. The van der Waals surface area contributed by atoms with Gasteiger partial charge in [-0.3, -0.25) is 4.79 Å². The highest BCUT2D eigenvalue weighted by atomic mass is 16.3. The van der Waals surface area contributed by atoms with Crippen molar-refractivity contribution >= 4 is 5.91 Å². The van der Waals surface area contributed by atoms with Crippen molar-refractivity contribution < 1.29 is 9.90 Å². The van der Waals surface area contributed by atoms with E-state index in [1.54, 1.807) is 0 Å². The summed E-state index contributed by atoms with van der Waals surface area (Å²) < 4.78 is 1.83. The Labute approximate surface area is 101 Å². The molecule has 1 aromatic rings. The summed E-state index contributed by atoms with van der Waals surface area (Å²) in [4.78, 5) is 16.1. The van der Waals surface area contributed by atoms with Gasteiger partial charge in [0.05, 0.1) is 6.61 Å². The lowest BCUT2D eigenvalue weighted by Gasteiger charge is -2.32. The number of likely N-dealkylation sites (N-methyl/N-ethyl adjacent to an activating group) is 1. The predicted molar refractivity (Wildman–Crippen MR) is 64.4 cm³/mol. The summed E-state index contributed by atoms with van der Waals surface area (Å²) in [6.07, 6.45) is 3.65. The van der Waals surface area contributed by atoms with Crippen molar-refractivity contribution in [3.63, 3.8) is 0 Å². The first kappa shape index (κ1) is 12.1. The zero-order valence-electron chi connectivity index (χ0n) is 10.2. The minimum Gasteiger partial charge on any atom is -0.392 e. The number of rotatable bonds is 3. The Morgan fingerprint density at radius 1 is 1.35 bits per heavy atom. The summed E-state index contributed by atoms with van der Waals surface area (Å²) in [6.45, 7) is 3.89. The molecule has 1 aliphatic heterocycles. The smallest absolute Gasteiger partial charge is 0.242 e. The molecular formula is C12H19N3O2. The molecule has 0 unspecified atom stereocenters. The van der Waals surface area contributed by atoms with Gasteiger partial charge in [-0.05, 0) is 18.7 Å². The largest absolute Gasteiger partial charge is 0.392 e. The predicted octanol–water partition coefficient (Wildman–Crippen LogP) is -0.246. The van der Waals surface area contributed by atoms with Gasteiger partial charge in [-0.25, -0.2) is 0 Å². The van der Waals surface area contributed by atoms with Crippen molar-refractivity contribution in [2.24, 2.45) is 0 Å². The zero-order chi connectivity index (χ0) is 12.3. The Balaban J connectivity index is 1.88. The highest BCUT2D eigenvalue weighted by Crippen LogP contribution is 2.04. The van der Waals surface area contributed by atoms with Crippen LogP contribution in [-0.4, -0.2) is 58.6 Å². The third kappa shape index (κ3) is 3.08. The van der Waals surface area contributed by atoms with Gasteiger partial charge >= 0.3 is 0 Å². The third-order valence-corrected chi connectivity index (χ3v) is 3.17. The molecule has 1 saturated heterocycles. The molecule has 0 aliphatic carbocycles. The lowest BCUT2D eigenvalue weighted by molar-refractivity contribution is -0.133. The number of aliphatic hydroxyl groups excluding tert-OH is 1. The molecular weight excluding hydrogens is 218 g/mol. The number of carbonyl (C=O) groups is 1. The van der Waals surface area contributed by atoms with Crippen molar-refractivity contribution in [1.29, 1.82) is 0 Å². The molecule has 0 radical (unpaired) electrons. The second kappa shape index (κ2) is 5.33. The summed E-state index contributed by atoms with van der Waals surface area (Å²) in [7, 11) is 2.07. The van der Waals surface area contributed by atoms with Crippen LogP contribution < -0.4 is 0 Å². The van der Waals surface area contributed by atoms with E-state index in [0.717, 1.165) is 31.7 Å². The molecule has 0 spiro atoms. The molecule has 1 fully saturated rings. The van der Waals surface area contributed by atoms with E-state index in [1.807, 2.05) is 27.9 Å². The van der Waals surface area contributed by atoms with E-state index < -0.39 is 0 Å². The van der Waals surface area contributed by atoms with Gasteiger partial charge in [0, 0.05) is 38.6 Å². The van der Waals surface area contributed by atoms with Crippen LogP contribution in [0.2, 0.25) is 0 Å². The highest BCUT2D eigenvalue weighted by molar-refractivity contribution is 5.76. The Hall–Kier alpha value is -1.33. The van der Waals surface area contributed by atoms with Gasteiger partial charge in [0.15, 0.2) is 0 Å². The molecule has 1 N–H and O–H groups in total. The first-order valence-corrected chi connectivity index (χ1v) is 5.91. The van der Waals surface area contributed by atoms with Crippen LogP contribution in [-0.2, 0) is 17.9 Å². The Bertz CT molecular complexity index is 381. The fraction of sp³-hybridized carbons (Fsp3) is 0.583. The number of aromatic nitrogens is 1. The van der Waals surface area contributed by atoms with Crippen LogP contribution in [0.4, 0.5) is 0 Å². The normalized spacial score (nSPS) is 17.4. The van der Waals surface area contributed by atoms with Crippen LogP contribution in [0.3, 0.4) is 0 Å². The van der Waals surface area contributed by atoms with Gasteiger partial charge < -0.3 is 19.5 Å². The quantitative estimate of drug-likeness (QED) is 0.789. The van der Waals surface area contributed by atoms with Crippen molar-refractivity contribution in [3.05, 3.63) is 24.0 Å². The molecule has 5 nitrogen and oxygen atoms in total. The fourth-order valence-electron chi connectivity index (χ4n) is 1.99. The van der Waals surface area contributed by atoms with Gasteiger partial charge in [0.1, 0.15) is 6.54 Å². The molecule has 2 heterocycles. The van der Waals surface area contributed by atoms with Crippen molar-refractivity contribution in [3.8, 4) is 0 Å². The highest BCUT2D eigenvalue weighted by Gasteiger charge is 2.18. The second-order valence-electron chi connectivity index (χ2n) is 4.53. The average molecular weight is 237 g/mol. The zero-order valence-corrected chi connectivity index (χ0v) is 10.2. The first-order chi connectivity index (χ1) is 8.19. The molecule has 0 aromatic carbocycles. The fourth-order valence-corrected chi connectivity index (χ4v) is 1.99. The van der Waals surface area contributed by atoms with Crippen LogP contribution in [0.1, 0.15) is 5.56 Å². The maximum atomic E-state index is 12.0. The molecule has 0 atom stereocenters. The van der Waals surface area contributed by atoms with E-state index in [9.17, 15) is 4.79 Å². The number of aliphatic hydroxyl groups is 1. The summed E-state index contributed by atoms with van der Waals surface area (Å²) in [6, 6.07) is 1.83. The van der Waals surface area contributed by atoms with Gasteiger partial charge in [0.25, 0.3) is 0 Å². The molecule has 5 heteroatoms.